The summed E-state index contributed by atoms with van der Waals surface area (Å²) in [5, 5.41) is 3.31. The van der Waals surface area contributed by atoms with Crippen LogP contribution in [0.1, 0.15) is 31.4 Å². The first-order valence-corrected chi connectivity index (χ1v) is 6.08. The maximum Gasteiger partial charge on any atom is 0.119 e. The van der Waals surface area contributed by atoms with E-state index in [2.05, 4.69) is 45.1 Å². The molecule has 1 aromatic rings. The van der Waals surface area contributed by atoms with Crippen molar-refractivity contribution >= 4 is 0 Å². The second-order valence-electron chi connectivity index (χ2n) is 4.32. The first kappa shape index (κ1) is 13.0. The molecule has 90 valence electrons. The van der Waals surface area contributed by atoms with Crippen molar-refractivity contribution in [1.82, 2.24) is 5.32 Å². The molecule has 2 heteroatoms. The molecule has 2 nitrogen and oxygen atoms in total. The summed E-state index contributed by atoms with van der Waals surface area (Å²) in [6.45, 7) is 10.5. The number of nitrogens with one attached hydrogen (secondary N) is 1. The monoisotopic (exact) mass is 221 g/mol. The number of benzene rings is 1. The number of rotatable bonds is 6. The van der Waals surface area contributed by atoms with Crippen LogP contribution >= 0.6 is 0 Å². The summed E-state index contributed by atoms with van der Waals surface area (Å²) < 4.78 is 5.86. The zero-order valence-corrected chi connectivity index (χ0v) is 10.8. The minimum absolute atomic E-state index is 0.265. The van der Waals surface area contributed by atoms with Gasteiger partial charge in [0.1, 0.15) is 5.75 Å². The highest BCUT2D eigenvalue weighted by Crippen LogP contribution is 2.18. The van der Waals surface area contributed by atoms with Crippen LogP contribution in [0.15, 0.2) is 18.2 Å². The van der Waals surface area contributed by atoms with Gasteiger partial charge in [0.15, 0.2) is 0 Å². The van der Waals surface area contributed by atoms with E-state index in [-0.39, 0.29) is 6.10 Å². The summed E-state index contributed by atoms with van der Waals surface area (Å²) in [7, 11) is 0. The average molecular weight is 221 g/mol. The van der Waals surface area contributed by atoms with E-state index in [1.165, 1.54) is 11.1 Å². The van der Waals surface area contributed by atoms with Crippen LogP contribution in [-0.4, -0.2) is 19.2 Å². The number of ether oxygens (including phenoxy) is 1. The Kier molecular flexibility index (Phi) is 5.33. The fraction of sp³-hybridized carbons (Fsp3) is 0.571. The Balaban J connectivity index is 2.43. The molecule has 1 aromatic carbocycles. The second kappa shape index (κ2) is 6.54. The summed E-state index contributed by atoms with van der Waals surface area (Å²) >= 11 is 0. The maximum atomic E-state index is 5.86. The highest BCUT2D eigenvalue weighted by molar-refractivity contribution is 5.33. The molecule has 0 amide bonds. The van der Waals surface area contributed by atoms with Crippen LogP contribution in [0, 0.1) is 13.8 Å². The van der Waals surface area contributed by atoms with Gasteiger partial charge in [-0.2, -0.15) is 0 Å². The number of hydrogen-bond donors (Lipinski definition) is 1. The van der Waals surface area contributed by atoms with E-state index in [1.54, 1.807) is 0 Å². The molecule has 0 spiro atoms. The highest BCUT2D eigenvalue weighted by Gasteiger charge is 2.04. The van der Waals surface area contributed by atoms with Crippen LogP contribution in [-0.2, 0) is 0 Å². The maximum absolute atomic E-state index is 5.86. The van der Waals surface area contributed by atoms with E-state index in [9.17, 15) is 0 Å². The van der Waals surface area contributed by atoms with Crippen molar-refractivity contribution in [3.63, 3.8) is 0 Å². The lowest BCUT2D eigenvalue weighted by Gasteiger charge is -2.15. The first-order chi connectivity index (χ1) is 7.63. The SMILES string of the molecule is CCNCCC(C)Oc1ccc(C)c(C)c1. The molecular formula is C14H23NO. The molecule has 0 saturated carbocycles. The van der Waals surface area contributed by atoms with Gasteiger partial charge in [0.25, 0.3) is 0 Å². The molecule has 0 aliphatic heterocycles. The summed E-state index contributed by atoms with van der Waals surface area (Å²) in [6.07, 6.45) is 1.31. The fourth-order valence-electron chi connectivity index (χ4n) is 1.56. The van der Waals surface area contributed by atoms with Crippen molar-refractivity contribution in [1.29, 1.82) is 0 Å². The van der Waals surface area contributed by atoms with Crippen molar-refractivity contribution in [3.05, 3.63) is 29.3 Å². The van der Waals surface area contributed by atoms with Crippen molar-refractivity contribution in [2.24, 2.45) is 0 Å². The lowest BCUT2D eigenvalue weighted by molar-refractivity contribution is 0.210. The summed E-state index contributed by atoms with van der Waals surface area (Å²) in [5.41, 5.74) is 2.60. The van der Waals surface area contributed by atoms with Gasteiger partial charge in [-0.05, 0) is 63.5 Å². The van der Waals surface area contributed by atoms with E-state index >= 15 is 0 Å². The molecule has 0 radical (unpaired) electrons. The van der Waals surface area contributed by atoms with Gasteiger partial charge in [0, 0.05) is 0 Å². The van der Waals surface area contributed by atoms with E-state index in [0.29, 0.717) is 0 Å². The zero-order valence-electron chi connectivity index (χ0n) is 10.8. The minimum Gasteiger partial charge on any atom is -0.491 e. The van der Waals surface area contributed by atoms with E-state index in [4.69, 9.17) is 4.74 Å². The predicted octanol–water partition coefficient (Wildman–Crippen LogP) is 3.07. The van der Waals surface area contributed by atoms with Crippen LogP contribution in [0.5, 0.6) is 5.75 Å². The van der Waals surface area contributed by atoms with Crippen LogP contribution in [0.3, 0.4) is 0 Å². The van der Waals surface area contributed by atoms with Gasteiger partial charge in [-0.1, -0.05) is 13.0 Å². The zero-order chi connectivity index (χ0) is 12.0. The smallest absolute Gasteiger partial charge is 0.119 e. The molecule has 1 unspecified atom stereocenters. The third kappa shape index (κ3) is 4.23. The average Bonchev–Trinajstić information content (AvgIpc) is 2.24. The van der Waals surface area contributed by atoms with Crippen molar-refractivity contribution in [2.45, 2.75) is 40.2 Å². The molecular weight excluding hydrogens is 198 g/mol. The van der Waals surface area contributed by atoms with Gasteiger partial charge in [0.05, 0.1) is 6.10 Å². The molecule has 1 N–H and O–H groups in total. The molecule has 1 atom stereocenters. The van der Waals surface area contributed by atoms with Crippen LogP contribution in [0.4, 0.5) is 0 Å². The molecule has 0 aliphatic carbocycles. The molecule has 1 rings (SSSR count). The fourth-order valence-corrected chi connectivity index (χ4v) is 1.56. The van der Waals surface area contributed by atoms with Gasteiger partial charge in [-0.3, -0.25) is 0 Å². The number of hydrogen-bond acceptors (Lipinski definition) is 2. The van der Waals surface area contributed by atoms with Gasteiger partial charge in [0.2, 0.25) is 0 Å². The van der Waals surface area contributed by atoms with Gasteiger partial charge in [-0.25, -0.2) is 0 Å². The number of aryl methyl sites for hydroxylation is 2. The third-order valence-electron chi connectivity index (χ3n) is 2.79. The lowest BCUT2D eigenvalue weighted by atomic mass is 10.1. The van der Waals surface area contributed by atoms with Crippen molar-refractivity contribution < 1.29 is 4.74 Å². The van der Waals surface area contributed by atoms with E-state index < -0.39 is 0 Å². The van der Waals surface area contributed by atoms with Crippen molar-refractivity contribution in [3.8, 4) is 5.75 Å². The van der Waals surface area contributed by atoms with Crippen LogP contribution in [0.25, 0.3) is 0 Å². The molecule has 0 aromatic heterocycles. The van der Waals surface area contributed by atoms with Crippen LogP contribution in [0.2, 0.25) is 0 Å². The molecule has 0 aliphatic rings. The Bertz CT molecular complexity index is 323. The normalized spacial score (nSPS) is 12.5. The minimum atomic E-state index is 0.265. The molecule has 0 fully saturated rings. The Morgan fingerprint density at radius 2 is 2.00 bits per heavy atom. The largest absolute Gasteiger partial charge is 0.491 e. The van der Waals surface area contributed by atoms with E-state index in [1.807, 2.05) is 6.07 Å². The van der Waals surface area contributed by atoms with Gasteiger partial charge in [-0.15, -0.1) is 0 Å². The topological polar surface area (TPSA) is 21.3 Å². The Labute approximate surface area is 99.0 Å². The predicted molar refractivity (Wildman–Crippen MR) is 69.2 cm³/mol. The molecule has 16 heavy (non-hydrogen) atoms. The third-order valence-corrected chi connectivity index (χ3v) is 2.79. The molecule has 0 heterocycles. The standard InChI is InChI=1S/C14H23NO/c1-5-15-9-8-13(4)16-14-7-6-11(2)12(3)10-14/h6-7,10,13,15H,5,8-9H2,1-4H3. The lowest BCUT2D eigenvalue weighted by Crippen LogP contribution is -2.21. The van der Waals surface area contributed by atoms with Gasteiger partial charge >= 0.3 is 0 Å². The highest BCUT2D eigenvalue weighted by atomic mass is 16.5. The Morgan fingerprint density at radius 1 is 1.25 bits per heavy atom. The molecule has 0 bridgehead atoms. The first-order valence-electron chi connectivity index (χ1n) is 6.08. The van der Waals surface area contributed by atoms with E-state index in [0.717, 1.165) is 25.3 Å². The summed E-state index contributed by atoms with van der Waals surface area (Å²) in [4.78, 5) is 0. The summed E-state index contributed by atoms with van der Waals surface area (Å²) in [5.74, 6) is 0.979. The second-order valence-corrected chi connectivity index (χ2v) is 4.32. The summed E-state index contributed by atoms with van der Waals surface area (Å²) in [6, 6.07) is 6.27. The molecule has 0 saturated heterocycles. The Hall–Kier alpha value is -1.02. The van der Waals surface area contributed by atoms with Crippen molar-refractivity contribution in [2.75, 3.05) is 13.1 Å². The quantitative estimate of drug-likeness (QED) is 0.745. The van der Waals surface area contributed by atoms with Crippen LogP contribution < -0.4 is 10.1 Å². The Morgan fingerprint density at radius 3 is 2.62 bits per heavy atom. The van der Waals surface area contributed by atoms with Gasteiger partial charge < -0.3 is 10.1 Å².